The van der Waals surface area contributed by atoms with Crippen molar-refractivity contribution < 1.29 is 4.79 Å². The fourth-order valence-corrected chi connectivity index (χ4v) is 2.45. The molecule has 0 bridgehead atoms. The number of amides is 1. The Morgan fingerprint density at radius 3 is 2.94 bits per heavy atom. The zero-order chi connectivity index (χ0) is 12.8. The molecule has 1 aliphatic rings. The molecule has 0 atom stereocenters. The standard InChI is InChI=1S/C15H22N2O/c1-16-9-3-6-15(18)17-11-12-7-8-13-4-2-5-14(13)10-12/h7-8,10,16H,2-6,9,11H2,1H3,(H,17,18). The highest BCUT2D eigenvalue weighted by atomic mass is 16.1. The monoisotopic (exact) mass is 246 g/mol. The summed E-state index contributed by atoms with van der Waals surface area (Å²) in [7, 11) is 1.91. The van der Waals surface area contributed by atoms with Crippen molar-refractivity contribution in [3.05, 3.63) is 34.9 Å². The van der Waals surface area contributed by atoms with Crippen LogP contribution in [0, 0.1) is 0 Å². The van der Waals surface area contributed by atoms with Crippen LogP contribution in [0.2, 0.25) is 0 Å². The fraction of sp³-hybridized carbons (Fsp3) is 0.533. The van der Waals surface area contributed by atoms with Crippen molar-refractivity contribution in [2.75, 3.05) is 13.6 Å². The fourth-order valence-electron chi connectivity index (χ4n) is 2.45. The van der Waals surface area contributed by atoms with E-state index in [0.29, 0.717) is 13.0 Å². The first kappa shape index (κ1) is 13.1. The molecular weight excluding hydrogens is 224 g/mol. The maximum atomic E-state index is 11.6. The van der Waals surface area contributed by atoms with Gasteiger partial charge in [0.2, 0.25) is 5.91 Å². The van der Waals surface area contributed by atoms with Crippen LogP contribution in [0.5, 0.6) is 0 Å². The molecule has 3 nitrogen and oxygen atoms in total. The molecule has 0 aliphatic heterocycles. The second-order valence-electron chi connectivity index (χ2n) is 4.94. The van der Waals surface area contributed by atoms with Gasteiger partial charge in [0.15, 0.2) is 0 Å². The number of carbonyl (C=O) groups is 1. The zero-order valence-electron chi connectivity index (χ0n) is 11.1. The maximum absolute atomic E-state index is 11.6. The third-order valence-electron chi connectivity index (χ3n) is 3.48. The largest absolute Gasteiger partial charge is 0.352 e. The van der Waals surface area contributed by atoms with Crippen molar-refractivity contribution in [3.8, 4) is 0 Å². The van der Waals surface area contributed by atoms with E-state index in [1.807, 2.05) is 7.05 Å². The van der Waals surface area contributed by atoms with Crippen molar-refractivity contribution >= 4 is 5.91 Å². The van der Waals surface area contributed by atoms with Crippen LogP contribution in [0.4, 0.5) is 0 Å². The molecule has 1 amide bonds. The van der Waals surface area contributed by atoms with Gasteiger partial charge in [0.1, 0.15) is 0 Å². The minimum Gasteiger partial charge on any atom is -0.352 e. The van der Waals surface area contributed by atoms with E-state index in [4.69, 9.17) is 0 Å². The maximum Gasteiger partial charge on any atom is 0.220 e. The van der Waals surface area contributed by atoms with Gasteiger partial charge in [-0.3, -0.25) is 4.79 Å². The number of rotatable bonds is 6. The van der Waals surface area contributed by atoms with Crippen molar-refractivity contribution in [1.82, 2.24) is 10.6 Å². The predicted octanol–water partition coefficient (Wildman–Crippen LogP) is 1.79. The van der Waals surface area contributed by atoms with Gasteiger partial charge in [0.05, 0.1) is 0 Å². The molecule has 2 rings (SSSR count). The molecule has 0 heterocycles. The van der Waals surface area contributed by atoms with Crippen LogP contribution in [-0.4, -0.2) is 19.5 Å². The van der Waals surface area contributed by atoms with Crippen molar-refractivity contribution in [2.24, 2.45) is 0 Å². The predicted molar refractivity (Wildman–Crippen MR) is 73.5 cm³/mol. The summed E-state index contributed by atoms with van der Waals surface area (Å²) in [6.07, 6.45) is 5.18. The van der Waals surface area contributed by atoms with Gasteiger partial charge in [-0.2, -0.15) is 0 Å². The Bertz CT molecular complexity index is 415. The Morgan fingerprint density at radius 1 is 1.28 bits per heavy atom. The smallest absolute Gasteiger partial charge is 0.220 e. The van der Waals surface area contributed by atoms with E-state index >= 15 is 0 Å². The third kappa shape index (κ3) is 3.57. The summed E-state index contributed by atoms with van der Waals surface area (Å²) in [6.45, 7) is 1.55. The lowest BCUT2D eigenvalue weighted by atomic mass is 10.1. The van der Waals surface area contributed by atoms with E-state index in [2.05, 4.69) is 28.8 Å². The second-order valence-corrected chi connectivity index (χ2v) is 4.94. The van der Waals surface area contributed by atoms with Crippen LogP contribution in [0.15, 0.2) is 18.2 Å². The van der Waals surface area contributed by atoms with Crippen LogP contribution in [0.25, 0.3) is 0 Å². The van der Waals surface area contributed by atoms with Gasteiger partial charge in [-0.1, -0.05) is 18.2 Å². The Hall–Kier alpha value is -1.35. The Morgan fingerprint density at radius 2 is 2.11 bits per heavy atom. The van der Waals surface area contributed by atoms with Gasteiger partial charge < -0.3 is 10.6 Å². The lowest BCUT2D eigenvalue weighted by molar-refractivity contribution is -0.121. The van der Waals surface area contributed by atoms with Crippen molar-refractivity contribution in [3.63, 3.8) is 0 Å². The second kappa shape index (κ2) is 6.55. The van der Waals surface area contributed by atoms with Gasteiger partial charge >= 0.3 is 0 Å². The van der Waals surface area contributed by atoms with Gasteiger partial charge in [-0.05, 0) is 56.0 Å². The molecule has 1 aromatic rings. The zero-order valence-corrected chi connectivity index (χ0v) is 11.1. The Balaban J connectivity index is 1.78. The van der Waals surface area contributed by atoms with Crippen molar-refractivity contribution in [2.45, 2.75) is 38.6 Å². The van der Waals surface area contributed by atoms with E-state index in [9.17, 15) is 4.79 Å². The van der Waals surface area contributed by atoms with Crippen molar-refractivity contribution in [1.29, 1.82) is 0 Å². The van der Waals surface area contributed by atoms with E-state index in [1.54, 1.807) is 0 Å². The minimum absolute atomic E-state index is 0.144. The van der Waals surface area contributed by atoms with Crippen LogP contribution < -0.4 is 10.6 Å². The van der Waals surface area contributed by atoms with Crippen LogP contribution in [-0.2, 0) is 24.2 Å². The Labute approximate surface area is 109 Å². The summed E-state index contributed by atoms with van der Waals surface area (Å²) in [5, 5.41) is 6.03. The average Bonchev–Trinajstić information content (AvgIpc) is 2.84. The summed E-state index contributed by atoms with van der Waals surface area (Å²) in [5.74, 6) is 0.144. The first-order valence-electron chi connectivity index (χ1n) is 6.81. The SMILES string of the molecule is CNCCCC(=O)NCc1ccc2c(c1)CCC2. The van der Waals surface area contributed by atoms with Gasteiger partial charge in [-0.25, -0.2) is 0 Å². The topological polar surface area (TPSA) is 41.1 Å². The van der Waals surface area contributed by atoms with Gasteiger partial charge in [0, 0.05) is 13.0 Å². The molecule has 98 valence electrons. The van der Waals surface area contributed by atoms with Gasteiger partial charge in [-0.15, -0.1) is 0 Å². The summed E-state index contributed by atoms with van der Waals surface area (Å²) in [6, 6.07) is 6.60. The first-order valence-corrected chi connectivity index (χ1v) is 6.81. The number of hydrogen-bond donors (Lipinski definition) is 2. The molecule has 0 saturated heterocycles. The molecule has 0 fully saturated rings. The van der Waals surface area contributed by atoms with E-state index < -0.39 is 0 Å². The molecule has 1 aromatic carbocycles. The molecule has 0 radical (unpaired) electrons. The molecule has 0 spiro atoms. The number of benzene rings is 1. The minimum atomic E-state index is 0.144. The number of fused-ring (bicyclic) bond motifs is 1. The number of carbonyl (C=O) groups excluding carboxylic acids is 1. The first-order chi connectivity index (χ1) is 8.79. The van der Waals surface area contributed by atoms with E-state index in [-0.39, 0.29) is 5.91 Å². The molecule has 18 heavy (non-hydrogen) atoms. The summed E-state index contributed by atoms with van der Waals surface area (Å²) >= 11 is 0. The number of nitrogens with one attached hydrogen (secondary N) is 2. The van der Waals surface area contributed by atoms with E-state index in [0.717, 1.165) is 13.0 Å². The third-order valence-corrected chi connectivity index (χ3v) is 3.48. The molecular formula is C15H22N2O. The molecule has 0 unspecified atom stereocenters. The normalized spacial score (nSPS) is 13.4. The number of aryl methyl sites for hydroxylation is 2. The van der Waals surface area contributed by atoms with Crippen LogP contribution in [0.1, 0.15) is 36.0 Å². The molecule has 3 heteroatoms. The number of hydrogen-bond acceptors (Lipinski definition) is 2. The summed E-state index contributed by atoms with van der Waals surface area (Å²) < 4.78 is 0. The van der Waals surface area contributed by atoms with Crippen LogP contribution >= 0.6 is 0 Å². The van der Waals surface area contributed by atoms with E-state index in [1.165, 1.54) is 36.0 Å². The van der Waals surface area contributed by atoms with Crippen LogP contribution in [0.3, 0.4) is 0 Å². The Kier molecular flexibility index (Phi) is 4.76. The highest BCUT2D eigenvalue weighted by Crippen LogP contribution is 2.22. The lowest BCUT2D eigenvalue weighted by Gasteiger charge is -2.07. The highest BCUT2D eigenvalue weighted by molar-refractivity contribution is 5.75. The highest BCUT2D eigenvalue weighted by Gasteiger charge is 2.10. The summed E-state index contributed by atoms with van der Waals surface area (Å²) in [5.41, 5.74) is 4.17. The molecule has 2 N–H and O–H groups in total. The summed E-state index contributed by atoms with van der Waals surface area (Å²) in [4.78, 5) is 11.6. The average molecular weight is 246 g/mol. The lowest BCUT2D eigenvalue weighted by Crippen LogP contribution is -2.23. The quantitative estimate of drug-likeness (QED) is 0.751. The van der Waals surface area contributed by atoms with Gasteiger partial charge in [0.25, 0.3) is 0 Å². The molecule has 0 saturated carbocycles. The molecule has 1 aliphatic carbocycles. The molecule has 0 aromatic heterocycles.